The lowest BCUT2D eigenvalue weighted by atomic mass is 10.0. The van der Waals surface area contributed by atoms with Crippen LogP contribution in [0.1, 0.15) is 36.9 Å². The topological polar surface area (TPSA) is 36.7 Å². The molecule has 1 heterocycles. The van der Waals surface area contributed by atoms with E-state index >= 15 is 0 Å². The number of hydrogen-bond acceptors (Lipinski definition) is 3. The van der Waals surface area contributed by atoms with Crippen molar-refractivity contribution in [2.75, 3.05) is 5.75 Å². The molecule has 0 saturated heterocycles. The highest BCUT2D eigenvalue weighted by molar-refractivity contribution is 9.10. The van der Waals surface area contributed by atoms with Gasteiger partial charge in [0.15, 0.2) is 0 Å². The Bertz CT molecular complexity index is 700. The monoisotopic (exact) mass is 358 g/mol. The van der Waals surface area contributed by atoms with Crippen molar-refractivity contribution in [2.45, 2.75) is 30.7 Å². The van der Waals surface area contributed by atoms with Crippen molar-refractivity contribution in [1.29, 1.82) is 5.26 Å². The molecule has 1 aromatic carbocycles. The van der Waals surface area contributed by atoms with Crippen LogP contribution >= 0.6 is 27.7 Å². The van der Waals surface area contributed by atoms with E-state index in [2.05, 4.69) is 47.1 Å². The summed E-state index contributed by atoms with van der Waals surface area (Å²) in [6.45, 7) is 2.09. The third-order valence-corrected chi connectivity index (χ3v) is 4.94. The molecule has 1 aromatic heterocycles. The van der Waals surface area contributed by atoms with Gasteiger partial charge in [-0.15, -0.1) is 11.8 Å². The molecule has 2 aromatic rings. The van der Waals surface area contributed by atoms with Gasteiger partial charge in [-0.2, -0.15) is 5.26 Å². The van der Waals surface area contributed by atoms with Crippen LogP contribution in [-0.4, -0.2) is 10.7 Å². The molecule has 0 atom stereocenters. The van der Waals surface area contributed by atoms with Crippen LogP contribution in [0.3, 0.4) is 0 Å². The summed E-state index contributed by atoms with van der Waals surface area (Å²) >= 11 is 5.11. The average Bonchev–Trinajstić information content (AvgIpc) is 3.32. The third kappa shape index (κ3) is 3.14. The van der Waals surface area contributed by atoms with Crippen LogP contribution in [0, 0.1) is 11.3 Å². The molecule has 0 spiro atoms. The Morgan fingerprint density at radius 1 is 1.33 bits per heavy atom. The average molecular weight is 359 g/mol. The molecule has 0 bridgehead atoms. The Balaban J connectivity index is 2.16. The molecule has 0 unspecified atom stereocenters. The van der Waals surface area contributed by atoms with Gasteiger partial charge in [0.25, 0.3) is 0 Å². The van der Waals surface area contributed by atoms with Crippen molar-refractivity contribution in [3.05, 3.63) is 46.1 Å². The second-order valence-electron chi connectivity index (χ2n) is 5.10. The highest BCUT2D eigenvalue weighted by Crippen LogP contribution is 2.42. The van der Waals surface area contributed by atoms with Crippen LogP contribution in [-0.2, 0) is 0 Å². The van der Waals surface area contributed by atoms with Crippen LogP contribution in [0.25, 0.3) is 11.1 Å². The van der Waals surface area contributed by atoms with E-state index in [1.165, 1.54) is 12.8 Å². The second-order valence-corrected chi connectivity index (χ2v) is 7.27. The van der Waals surface area contributed by atoms with Gasteiger partial charge in [0.05, 0.1) is 5.56 Å². The highest BCUT2D eigenvalue weighted by atomic mass is 79.9. The summed E-state index contributed by atoms with van der Waals surface area (Å²) in [7, 11) is 0. The molecule has 2 nitrogen and oxygen atoms in total. The van der Waals surface area contributed by atoms with Crippen molar-refractivity contribution in [1.82, 2.24) is 4.98 Å². The molecule has 1 saturated carbocycles. The van der Waals surface area contributed by atoms with Crippen LogP contribution in [0.4, 0.5) is 0 Å². The van der Waals surface area contributed by atoms with Gasteiger partial charge >= 0.3 is 0 Å². The van der Waals surface area contributed by atoms with Gasteiger partial charge in [0.2, 0.25) is 0 Å². The third-order valence-electron chi connectivity index (χ3n) is 3.55. The highest BCUT2D eigenvalue weighted by Gasteiger charge is 2.27. The number of thioether (sulfide) groups is 1. The lowest BCUT2D eigenvalue weighted by Gasteiger charge is -2.11. The SMILES string of the molecule is CCSc1nc(C2CC2)cc(-c2ccc(Br)cc2)c1C#N. The summed E-state index contributed by atoms with van der Waals surface area (Å²) in [6, 6.07) is 12.6. The van der Waals surface area contributed by atoms with E-state index in [9.17, 15) is 5.26 Å². The molecule has 0 amide bonds. The maximum atomic E-state index is 9.57. The van der Waals surface area contributed by atoms with Crippen molar-refractivity contribution in [3.8, 4) is 17.2 Å². The molecule has 1 fully saturated rings. The number of nitrogens with zero attached hydrogens (tertiary/aromatic N) is 2. The minimum absolute atomic E-state index is 0.586. The van der Waals surface area contributed by atoms with Crippen molar-refractivity contribution in [2.24, 2.45) is 0 Å². The molecule has 106 valence electrons. The number of hydrogen-bond donors (Lipinski definition) is 0. The molecule has 4 heteroatoms. The quantitative estimate of drug-likeness (QED) is 0.689. The van der Waals surface area contributed by atoms with Crippen molar-refractivity contribution >= 4 is 27.7 Å². The zero-order chi connectivity index (χ0) is 14.8. The van der Waals surface area contributed by atoms with E-state index in [1.54, 1.807) is 11.8 Å². The molecular weight excluding hydrogens is 344 g/mol. The van der Waals surface area contributed by atoms with E-state index in [1.807, 2.05) is 12.1 Å². The molecule has 1 aliphatic carbocycles. The summed E-state index contributed by atoms with van der Waals surface area (Å²) in [5.74, 6) is 1.51. The van der Waals surface area contributed by atoms with Crippen LogP contribution in [0.15, 0.2) is 39.8 Å². The first-order valence-electron chi connectivity index (χ1n) is 7.06. The first-order chi connectivity index (χ1) is 10.2. The Morgan fingerprint density at radius 2 is 2.05 bits per heavy atom. The van der Waals surface area contributed by atoms with Gasteiger partial charge in [0, 0.05) is 21.6 Å². The lowest BCUT2D eigenvalue weighted by Crippen LogP contribution is -1.97. The van der Waals surface area contributed by atoms with Gasteiger partial charge < -0.3 is 0 Å². The minimum atomic E-state index is 0.586. The van der Waals surface area contributed by atoms with E-state index in [0.717, 1.165) is 32.1 Å². The van der Waals surface area contributed by atoms with Crippen LogP contribution in [0.5, 0.6) is 0 Å². The van der Waals surface area contributed by atoms with E-state index < -0.39 is 0 Å². The van der Waals surface area contributed by atoms with Gasteiger partial charge in [-0.25, -0.2) is 4.98 Å². The minimum Gasteiger partial charge on any atom is -0.245 e. The Kier molecular flexibility index (Phi) is 4.32. The normalized spacial score (nSPS) is 14.0. The van der Waals surface area contributed by atoms with E-state index in [0.29, 0.717) is 11.5 Å². The fourth-order valence-electron chi connectivity index (χ4n) is 2.34. The van der Waals surface area contributed by atoms with Gasteiger partial charge in [-0.05, 0) is 42.4 Å². The first-order valence-corrected chi connectivity index (χ1v) is 8.84. The maximum Gasteiger partial charge on any atom is 0.115 e. The summed E-state index contributed by atoms with van der Waals surface area (Å²) in [5.41, 5.74) is 3.94. The summed E-state index contributed by atoms with van der Waals surface area (Å²) < 4.78 is 1.05. The number of aromatic nitrogens is 1. The molecule has 1 aliphatic rings. The van der Waals surface area contributed by atoms with Gasteiger partial charge in [0.1, 0.15) is 11.1 Å². The van der Waals surface area contributed by atoms with Gasteiger partial charge in [-0.1, -0.05) is 35.0 Å². The Hall–Kier alpha value is -1.31. The fraction of sp³-hybridized carbons (Fsp3) is 0.294. The van der Waals surface area contributed by atoms with E-state index in [-0.39, 0.29) is 0 Å². The predicted octanol–water partition coefficient (Wildman–Crippen LogP) is 5.37. The first kappa shape index (κ1) is 14.6. The number of pyridine rings is 1. The molecular formula is C17H15BrN2S. The van der Waals surface area contributed by atoms with E-state index in [4.69, 9.17) is 4.98 Å². The fourth-order valence-corrected chi connectivity index (χ4v) is 3.34. The zero-order valence-corrected chi connectivity index (χ0v) is 14.2. The Labute approximate surface area is 137 Å². The number of nitriles is 1. The largest absolute Gasteiger partial charge is 0.245 e. The Morgan fingerprint density at radius 3 is 2.62 bits per heavy atom. The zero-order valence-electron chi connectivity index (χ0n) is 11.8. The standard InChI is InChI=1S/C17H15BrN2S/c1-2-21-17-15(10-19)14(9-16(20-17)12-3-4-12)11-5-7-13(18)8-6-11/h5-9,12H,2-4H2,1H3. The number of rotatable bonds is 4. The predicted molar refractivity (Wildman–Crippen MR) is 90.5 cm³/mol. The van der Waals surface area contributed by atoms with Gasteiger partial charge in [-0.3, -0.25) is 0 Å². The summed E-state index contributed by atoms with van der Waals surface area (Å²) in [4.78, 5) is 4.73. The number of benzene rings is 1. The van der Waals surface area contributed by atoms with Crippen molar-refractivity contribution < 1.29 is 0 Å². The smallest absolute Gasteiger partial charge is 0.115 e. The maximum absolute atomic E-state index is 9.57. The summed E-state index contributed by atoms with van der Waals surface area (Å²) in [5, 5.41) is 10.5. The molecule has 0 aliphatic heterocycles. The van der Waals surface area contributed by atoms with Crippen LogP contribution in [0.2, 0.25) is 0 Å². The molecule has 0 radical (unpaired) electrons. The second kappa shape index (κ2) is 6.21. The molecule has 0 N–H and O–H groups in total. The number of halogens is 1. The van der Waals surface area contributed by atoms with Crippen LogP contribution < -0.4 is 0 Å². The summed E-state index contributed by atoms with van der Waals surface area (Å²) in [6.07, 6.45) is 2.43. The lowest BCUT2D eigenvalue weighted by molar-refractivity contribution is 0.956. The van der Waals surface area contributed by atoms with Crippen molar-refractivity contribution in [3.63, 3.8) is 0 Å². The molecule has 3 rings (SSSR count). The molecule has 21 heavy (non-hydrogen) atoms.